The van der Waals surface area contributed by atoms with Crippen LogP contribution in [0, 0.1) is 0 Å². The Labute approximate surface area is 222 Å². The number of hydrogen-bond donors (Lipinski definition) is 4. The van der Waals surface area contributed by atoms with Gasteiger partial charge in [0, 0.05) is 39.3 Å². The van der Waals surface area contributed by atoms with Crippen LogP contribution in [-0.4, -0.2) is 95.6 Å². The van der Waals surface area contributed by atoms with Crippen LogP contribution in [0.4, 0.5) is 11.9 Å². The van der Waals surface area contributed by atoms with Crippen LogP contribution in [0.1, 0.15) is 0 Å². The first-order valence-corrected chi connectivity index (χ1v) is 12.0. The fourth-order valence-electron chi connectivity index (χ4n) is 2.58. The van der Waals surface area contributed by atoms with Gasteiger partial charge in [-0.25, -0.2) is 0 Å². The van der Waals surface area contributed by atoms with Crippen LogP contribution in [-0.2, 0) is 0 Å². The minimum Gasteiger partial charge on any atom is -0.459 e. The van der Waals surface area contributed by atoms with Crippen LogP contribution >= 0.6 is 0 Å². The zero-order chi connectivity index (χ0) is 27.3. The summed E-state index contributed by atoms with van der Waals surface area (Å²) in [5.74, 6) is 0.720. The van der Waals surface area contributed by atoms with Crippen LogP contribution < -0.4 is 40.2 Å². The van der Waals surface area contributed by atoms with Crippen molar-refractivity contribution in [3.63, 3.8) is 0 Å². The maximum atomic E-state index is 5.39. The Hall–Kier alpha value is -4.30. The summed E-state index contributed by atoms with van der Waals surface area (Å²) in [5, 5.41) is 12.9. The SMILES string of the molecule is C=CCOc1nc(NCCNCCNCCNc2nc(OCC=C)nc(OCC=C)n2)nc(OCC=C)n1. The second-order valence-corrected chi connectivity index (χ2v) is 7.20. The summed E-state index contributed by atoms with van der Waals surface area (Å²) >= 11 is 0. The summed E-state index contributed by atoms with van der Waals surface area (Å²) in [5.41, 5.74) is 0. The molecule has 0 atom stereocenters. The van der Waals surface area contributed by atoms with E-state index in [9.17, 15) is 0 Å². The fourth-order valence-corrected chi connectivity index (χ4v) is 2.58. The topological polar surface area (TPSA) is 162 Å². The van der Waals surface area contributed by atoms with Crippen molar-refractivity contribution in [2.24, 2.45) is 0 Å². The Kier molecular flexibility index (Phi) is 14.9. The highest BCUT2D eigenvalue weighted by Gasteiger charge is 2.09. The lowest BCUT2D eigenvalue weighted by Gasteiger charge is -2.11. The molecular formula is C24H36N10O4. The fraction of sp³-hybridized carbons (Fsp3) is 0.417. The van der Waals surface area contributed by atoms with Crippen LogP contribution in [0.2, 0.25) is 0 Å². The maximum Gasteiger partial charge on any atom is 0.324 e. The number of nitrogens with one attached hydrogen (secondary N) is 4. The molecule has 38 heavy (non-hydrogen) atoms. The molecule has 14 nitrogen and oxygen atoms in total. The molecule has 14 heteroatoms. The highest BCUT2D eigenvalue weighted by molar-refractivity contribution is 5.28. The Morgan fingerprint density at radius 2 is 0.737 bits per heavy atom. The average molecular weight is 529 g/mol. The Balaban J connectivity index is 1.64. The number of anilines is 2. The molecule has 2 rings (SSSR count). The predicted octanol–water partition coefficient (Wildman–Crippen LogP) is 1.02. The molecule has 206 valence electrons. The average Bonchev–Trinajstić information content (AvgIpc) is 2.93. The Morgan fingerprint density at radius 1 is 0.447 bits per heavy atom. The van der Waals surface area contributed by atoms with Gasteiger partial charge in [-0.05, 0) is 0 Å². The number of nitrogens with zero attached hydrogens (tertiary/aromatic N) is 6. The van der Waals surface area contributed by atoms with Gasteiger partial charge in [0.15, 0.2) is 0 Å². The molecule has 0 radical (unpaired) electrons. The highest BCUT2D eigenvalue weighted by atomic mass is 16.5. The van der Waals surface area contributed by atoms with Crippen molar-refractivity contribution in [3.8, 4) is 24.0 Å². The van der Waals surface area contributed by atoms with Crippen molar-refractivity contribution >= 4 is 11.9 Å². The lowest BCUT2D eigenvalue weighted by molar-refractivity contribution is 0.298. The lowest BCUT2D eigenvalue weighted by Crippen LogP contribution is -2.32. The molecule has 0 spiro atoms. The number of aromatic nitrogens is 6. The van der Waals surface area contributed by atoms with Gasteiger partial charge >= 0.3 is 24.0 Å². The molecule has 0 fully saturated rings. The molecule has 0 aliphatic heterocycles. The maximum absolute atomic E-state index is 5.39. The molecule has 0 amide bonds. The standard InChI is InChI=1S/C24H36N10O4/c1-5-15-35-21-29-19(30-22(33-21)36-16-6-2)27-13-11-25-9-10-26-12-14-28-20-31-23(37-17-7-3)34-24(32-20)38-18-8-4/h5-8,25-26H,1-4,9-18H2,(H,27,29,30,33)(H,28,31,32,34). The minimum atomic E-state index is 0.158. The normalized spacial score (nSPS) is 10.2. The van der Waals surface area contributed by atoms with E-state index in [0.29, 0.717) is 38.1 Å². The van der Waals surface area contributed by atoms with Gasteiger partial charge in [-0.3, -0.25) is 0 Å². The van der Waals surface area contributed by atoms with Crippen LogP contribution in [0.5, 0.6) is 24.0 Å². The van der Waals surface area contributed by atoms with Crippen molar-refractivity contribution in [3.05, 3.63) is 50.6 Å². The molecule has 4 N–H and O–H groups in total. The van der Waals surface area contributed by atoms with E-state index >= 15 is 0 Å². The zero-order valence-electron chi connectivity index (χ0n) is 21.5. The van der Waals surface area contributed by atoms with Gasteiger partial charge in [0.2, 0.25) is 11.9 Å². The summed E-state index contributed by atoms with van der Waals surface area (Å²) in [4.78, 5) is 25.1. The molecule has 0 unspecified atom stereocenters. The van der Waals surface area contributed by atoms with Crippen molar-refractivity contribution in [2.45, 2.75) is 0 Å². The molecule has 0 aliphatic carbocycles. The smallest absolute Gasteiger partial charge is 0.324 e. The van der Waals surface area contributed by atoms with Gasteiger partial charge in [-0.15, -0.1) is 9.97 Å². The van der Waals surface area contributed by atoms with E-state index in [1.165, 1.54) is 0 Å². The first-order chi connectivity index (χ1) is 18.7. The molecule has 0 aromatic carbocycles. The molecule has 0 aliphatic rings. The van der Waals surface area contributed by atoms with Gasteiger partial charge in [0.25, 0.3) is 0 Å². The Morgan fingerprint density at radius 3 is 1.03 bits per heavy atom. The number of hydrogen-bond acceptors (Lipinski definition) is 14. The first kappa shape index (κ1) is 29.9. The van der Waals surface area contributed by atoms with Crippen LogP contribution in [0.25, 0.3) is 0 Å². The van der Waals surface area contributed by atoms with E-state index < -0.39 is 0 Å². The third-order valence-electron chi connectivity index (χ3n) is 4.16. The van der Waals surface area contributed by atoms with E-state index in [1.807, 2.05) is 0 Å². The van der Waals surface area contributed by atoms with E-state index in [-0.39, 0.29) is 50.5 Å². The van der Waals surface area contributed by atoms with Crippen LogP contribution in [0.15, 0.2) is 50.6 Å². The summed E-state index contributed by atoms with van der Waals surface area (Å²) in [6, 6.07) is 0.631. The van der Waals surface area contributed by atoms with Gasteiger partial charge < -0.3 is 40.2 Å². The summed E-state index contributed by atoms with van der Waals surface area (Å²) in [6.45, 7) is 19.7. The quantitative estimate of drug-likeness (QED) is 0.119. The van der Waals surface area contributed by atoms with Gasteiger partial charge in [-0.2, -0.15) is 19.9 Å². The minimum absolute atomic E-state index is 0.158. The monoisotopic (exact) mass is 528 g/mol. The lowest BCUT2D eigenvalue weighted by atomic mass is 10.5. The van der Waals surface area contributed by atoms with Gasteiger partial charge in [0.05, 0.1) is 0 Å². The second kappa shape index (κ2) is 18.9. The molecule has 0 bridgehead atoms. The molecule has 0 saturated carbocycles. The number of rotatable bonds is 23. The largest absolute Gasteiger partial charge is 0.459 e. The first-order valence-electron chi connectivity index (χ1n) is 12.0. The van der Waals surface area contributed by atoms with E-state index in [2.05, 4.69) is 77.5 Å². The summed E-state index contributed by atoms with van der Waals surface area (Å²) in [6.07, 6.45) is 6.42. The van der Waals surface area contributed by atoms with Gasteiger partial charge in [0.1, 0.15) is 26.4 Å². The van der Waals surface area contributed by atoms with Crippen molar-refractivity contribution in [1.82, 2.24) is 40.5 Å². The van der Waals surface area contributed by atoms with E-state index in [4.69, 9.17) is 18.9 Å². The third-order valence-corrected chi connectivity index (χ3v) is 4.16. The third kappa shape index (κ3) is 12.6. The van der Waals surface area contributed by atoms with E-state index in [0.717, 1.165) is 13.1 Å². The van der Waals surface area contributed by atoms with Gasteiger partial charge in [-0.1, -0.05) is 50.6 Å². The highest BCUT2D eigenvalue weighted by Crippen LogP contribution is 2.14. The summed E-state index contributed by atoms with van der Waals surface area (Å²) < 4.78 is 21.6. The molecule has 2 aromatic rings. The van der Waals surface area contributed by atoms with Crippen molar-refractivity contribution in [1.29, 1.82) is 0 Å². The molecule has 2 aromatic heterocycles. The van der Waals surface area contributed by atoms with Crippen LogP contribution in [0.3, 0.4) is 0 Å². The summed E-state index contributed by atoms with van der Waals surface area (Å²) in [7, 11) is 0. The molecule has 0 saturated heterocycles. The zero-order valence-corrected chi connectivity index (χ0v) is 21.5. The van der Waals surface area contributed by atoms with Crippen molar-refractivity contribution in [2.75, 3.05) is 76.3 Å². The number of ether oxygens (including phenoxy) is 4. The Bertz CT molecular complexity index is 868. The molecule has 2 heterocycles. The van der Waals surface area contributed by atoms with E-state index in [1.54, 1.807) is 24.3 Å². The predicted molar refractivity (Wildman–Crippen MR) is 145 cm³/mol. The second-order valence-electron chi connectivity index (χ2n) is 7.20. The molecular weight excluding hydrogens is 492 g/mol. The van der Waals surface area contributed by atoms with Crippen molar-refractivity contribution < 1.29 is 18.9 Å².